The largest absolute Gasteiger partial charge is 0.372 e. The highest BCUT2D eigenvalue weighted by molar-refractivity contribution is 5.35. The van der Waals surface area contributed by atoms with Gasteiger partial charge in [-0.05, 0) is 62.1 Å². The molecule has 0 aliphatic carbocycles. The van der Waals surface area contributed by atoms with Crippen molar-refractivity contribution in [1.82, 2.24) is 5.32 Å². The molecular formula is C21H27F2NO. The van der Waals surface area contributed by atoms with E-state index >= 15 is 0 Å². The summed E-state index contributed by atoms with van der Waals surface area (Å²) in [4.78, 5) is 0. The van der Waals surface area contributed by atoms with Crippen LogP contribution in [0.3, 0.4) is 0 Å². The molecule has 0 saturated carbocycles. The minimum Gasteiger partial charge on any atom is -0.372 e. The summed E-state index contributed by atoms with van der Waals surface area (Å²) in [5, 5.41) is 3.33. The molecule has 1 unspecified atom stereocenters. The number of nitrogens with one attached hydrogen (secondary N) is 1. The molecule has 1 N–H and O–H groups in total. The van der Waals surface area contributed by atoms with Crippen LogP contribution in [0.25, 0.3) is 0 Å². The highest BCUT2D eigenvalue weighted by Crippen LogP contribution is 2.25. The first-order chi connectivity index (χ1) is 12.0. The van der Waals surface area contributed by atoms with Gasteiger partial charge in [0.25, 0.3) is 0 Å². The van der Waals surface area contributed by atoms with Gasteiger partial charge in [0.2, 0.25) is 0 Å². The number of hydrogen-bond donors (Lipinski definition) is 1. The molecule has 0 bridgehead atoms. The summed E-state index contributed by atoms with van der Waals surface area (Å²) in [5.41, 5.74) is 3.73. The van der Waals surface area contributed by atoms with Gasteiger partial charge < -0.3 is 10.1 Å². The van der Waals surface area contributed by atoms with E-state index in [1.165, 1.54) is 34.9 Å². The molecular weight excluding hydrogens is 320 g/mol. The van der Waals surface area contributed by atoms with E-state index in [1.807, 2.05) is 6.07 Å². The zero-order valence-corrected chi connectivity index (χ0v) is 15.2. The van der Waals surface area contributed by atoms with Gasteiger partial charge in [-0.15, -0.1) is 0 Å². The normalized spacial score (nSPS) is 12.4. The first kappa shape index (κ1) is 19.5. The van der Waals surface area contributed by atoms with Crippen LogP contribution in [0.15, 0.2) is 36.4 Å². The zero-order chi connectivity index (χ0) is 18.2. The number of hydrogen-bond acceptors (Lipinski definition) is 2. The van der Waals surface area contributed by atoms with Crippen LogP contribution in [-0.4, -0.2) is 19.7 Å². The predicted molar refractivity (Wildman–Crippen MR) is 97.8 cm³/mol. The van der Waals surface area contributed by atoms with E-state index in [9.17, 15) is 8.78 Å². The summed E-state index contributed by atoms with van der Waals surface area (Å²) in [6.07, 6.45) is 0.844. The fraction of sp³-hybridized carbons (Fsp3) is 0.429. The zero-order valence-electron chi connectivity index (χ0n) is 15.2. The molecule has 0 radical (unpaired) electrons. The number of rotatable bonds is 9. The highest BCUT2D eigenvalue weighted by atomic mass is 19.1. The van der Waals surface area contributed by atoms with E-state index in [0.717, 1.165) is 13.1 Å². The van der Waals surface area contributed by atoms with Crippen molar-refractivity contribution in [2.24, 2.45) is 0 Å². The molecule has 4 heteroatoms. The predicted octanol–water partition coefficient (Wildman–Crippen LogP) is 4.88. The molecule has 2 rings (SSSR count). The summed E-state index contributed by atoms with van der Waals surface area (Å²) in [6, 6.07) is 10.2. The van der Waals surface area contributed by atoms with Crippen molar-refractivity contribution in [1.29, 1.82) is 0 Å². The average Bonchev–Trinajstić information content (AvgIpc) is 2.57. The maximum atomic E-state index is 13.7. The molecule has 0 aliphatic heterocycles. The van der Waals surface area contributed by atoms with Crippen LogP contribution >= 0.6 is 0 Å². The molecule has 2 nitrogen and oxygen atoms in total. The number of aryl methyl sites for hydroxylation is 2. The second-order valence-electron chi connectivity index (χ2n) is 6.28. The lowest BCUT2D eigenvalue weighted by atomic mass is 9.97. The molecule has 0 aromatic heterocycles. The van der Waals surface area contributed by atoms with Gasteiger partial charge in [0, 0.05) is 18.7 Å². The molecule has 0 heterocycles. The summed E-state index contributed by atoms with van der Waals surface area (Å²) < 4.78 is 33.5. The van der Waals surface area contributed by atoms with E-state index in [1.54, 1.807) is 0 Å². The fourth-order valence-electron chi connectivity index (χ4n) is 3.10. The lowest BCUT2D eigenvalue weighted by Gasteiger charge is -2.22. The summed E-state index contributed by atoms with van der Waals surface area (Å²) in [7, 11) is 0. The quantitative estimate of drug-likeness (QED) is 0.653. The third kappa shape index (κ3) is 5.35. The van der Waals surface area contributed by atoms with Crippen molar-refractivity contribution in [3.63, 3.8) is 0 Å². The van der Waals surface area contributed by atoms with Crippen molar-refractivity contribution < 1.29 is 13.5 Å². The van der Waals surface area contributed by atoms with Crippen molar-refractivity contribution >= 4 is 0 Å². The molecule has 25 heavy (non-hydrogen) atoms. The van der Waals surface area contributed by atoms with Crippen LogP contribution in [0.1, 0.15) is 41.7 Å². The Hall–Kier alpha value is -1.78. The standard InChI is InChI=1S/C21H27F2NO/c1-4-24-14-20(21-15(2)8-5-9-16(21)3)25-13-7-10-17-18(22)11-6-12-19(17)23/h5-6,8-9,11-12,20,24H,4,7,10,13-14H2,1-3H3. The van der Waals surface area contributed by atoms with Crippen LogP contribution in [0, 0.1) is 25.5 Å². The van der Waals surface area contributed by atoms with E-state index < -0.39 is 11.6 Å². The van der Waals surface area contributed by atoms with Crippen LogP contribution in [0.2, 0.25) is 0 Å². The van der Waals surface area contributed by atoms with Crippen molar-refractivity contribution in [2.45, 2.75) is 39.7 Å². The Morgan fingerprint density at radius 1 is 1.00 bits per heavy atom. The Bertz CT molecular complexity index is 647. The maximum Gasteiger partial charge on any atom is 0.129 e. The van der Waals surface area contributed by atoms with Crippen LogP contribution < -0.4 is 5.32 Å². The Morgan fingerprint density at radius 2 is 1.60 bits per heavy atom. The molecule has 0 spiro atoms. The Morgan fingerprint density at radius 3 is 2.20 bits per heavy atom. The smallest absolute Gasteiger partial charge is 0.129 e. The van der Waals surface area contributed by atoms with Gasteiger partial charge in [-0.2, -0.15) is 0 Å². The van der Waals surface area contributed by atoms with Gasteiger partial charge in [-0.1, -0.05) is 31.2 Å². The van der Waals surface area contributed by atoms with Gasteiger partial charge in [-0.3, -0.25) is 0 Å². The third-order valence-electron chi connectivity index (χ3n) is 4.40. The molecule has 1 atom stereocenters. The van der Waals surface area contributed by atoms with E-state index in [0.29, 0.717) is 19.4 Å². The third-order valence-corrected chi connectivity index (χ3v) is 4.40. The van der Waals surface area contributed by atoms with Gasteiger partial charge in [0.15, 0.2) is 0 Å². The monoisotopic (exact) mass is 347 g/mol. The summed E-state index contributed by atoms with van der Waals surface area (Å²) in [6.45, 7) is 8.26. The molecule has 0 aliphatic rings. The second-order valence-corrected chi connectivity index (χ2v) is 6.28. The van der Waals surface area contributed by atoms with Crippen LogP contribution in [0.4, 0.5) is 8.78 Å². The Labute approximate surface area is 149 Å². The number of likely N-dealkylation sites (N-methyl/N-ethyl adjacent to an activating group) is 1. The van der Waals surface area contributed by atoms with Gasteiger partial charge >= 0.3 is 0 Å². The average molecular weight is 347 g/mol. The van der Waals surface area contributed by atoms with Crippen LogP contribution in [-0.2, 0) is 11.2 Å². The number of ether oxygens (including phenoxy) is 1. The summed E-state index contributed by atoms with van der Waals surface area (Å²) >= 11 is 0. The SMILES string of the molecule is CCNCC(OCCCc1c(F)cccc1F)c1c(C)cccc1C. The lowest BCUT2D eigenvalue weighted by molar-refractivity contribution is 0.0504. The molecule has 0 saturated heterocycles. The number of halogens is 2. The first-order valence-electron chi connectivity index (χ1n) is 8.86. The van der Waals surface area contributed by atoms with Crippen molar-refractivity contribution in [2.75, 3.05) is 19.7 Å². The minimum atomic E-state index is -0.487. The van der Waals surface area contributed by atoms with Crippen molar-refractivity contribution in [3.05, 3.63) is 70.3 Å². The molecule has 2 aromatic rings. The molecule has 0 fully saturated rings. The topological polar surface area (TPSA) is 21.3 Å². The van der Waals surface area contributed by atoms with E-state index in [-0.39, 0.29) is 11.7 Å². The fourth-order valence-corrected chi connectivity index (χ4v) is 3.10. The van der Waals surface area contributed by atoms with E-state index in [2.05, 4.69) is 38.2 Å². The molecule has 2 aromatic carbocycles. The molecule has 0 amide bonds. The second kappa shape index (κ2) is 9.64. The Balaban J connectivity index is 1.99. The van der Waals surface area contributed by atoms with Gasteiger partial charge in [0.1, 0.15) is 11.6 Å². The van der Waals surface area contributed by atoms with Gasteiger partial charge in [0.05, 0.1) is 6.10 Å². The van der Waals surface area contributed by atoms with Crippen molar-refractivity contribution in [3.8, 4) is 0 Å². The molecule has 136 valence electrons. The minimum absolute atomic E-state index is 0.0633. The Kier molecular flexibility index (Phi) is 7.53. The summed E-state index contributed by atoms with van der Waals surface area (Å²) in [5.74, 6) is -0.974. The first-order valence-corrected chi connectivity index (χ1v) is 8.86. The number of benzene rings is 2. The van der Waals surface area contributed by atoms with E-state index in [4.69, 9.17) is 4.74 Å². The maximum absolute atomic E-state index is 13.7. The van der Waals surface area contributed by atoms with Gasteiger partial charge in [-0.25, -0.2) is 8.78 Å². The lowest BCUT2D eigenvalue weighted by Crippen LogP contribution is -2.24. The highest BCUT2D eigenvalue weighted by Gasteiger charge is 2.16. The van der Waals surface area contributed by atoms with Crippen LogP contribution in [0.5, 0.6) is 0 Å².